The monoisotopic (exact) mass is 268 g/mol. The van der Waals surface area contributed by atoms with E-state index in [2.05, 4.69) is 4.98 Å². The molecule has 0 aliphatic carbocycles. The van der Waals surface area contributed by atoms with Gasteiger partial charge in [-0.1, -0.05) is 0 Å². The third-order valence-electron chi connectivity index (χ3n) is 3.03. The molecule has 0 bridgehead atoms. The summed E-state index contributed by atoms with van der Waals surface area (Å²) in [5, 5.41) is 10.1. The van der Waals surface area contributed by atoms with Crippen molar-refractivity contribution < 1.29 is 19.1 Å². The van der Waals surface area contributed by atoms with E-state index in [1.807, 2.05) is 20.8 Å². The van der Waals surface area contributed by atoms with Crippen molar-refractivity contribution in [1.82, 2.24) is 9.88 Å². The second kappa shape index (κ2) is 5.21. The van der Waals surface area contributed by atoms with Crippen LogP contribution in [0.5, 0.6) is 0 Å². The zero-order chi connectivity index (χ0) is 14.0. The lowest BCUT2D eigenvalue weighted by Crippen LogP contribution is -2.35. The van der Waals surface area contributed by atoms with Crippen LogP contribution in [-0.2, 0) is 4.74 Å². The molecule has 0 unspecified atom stereocenters. The normalized spacial score (nSPS) is 21.5. The molecule has 0 radical (unpaired) electrons. The molecule has 1 fully saturated rings. The SMILES string of the molecule is CC(C)(C)OC(=O)N1CC[C@@H]([C@@H](O)c2ncco2)C1. The lowest BCUT2D eigenvalue weighted by molar-refractivity contribution is 0.0257. The largest absolute Gasteiger partial charge is 0.446 e. The number of hydrogen-bond donors (Lipinski definition) is 1. The van der Waals surface area contributed by atoms with Crippen molar-refractivity contribution in [2.24, 2.45) is 5.92 Å². The van der Waals surface area contributed by atoms with E-state index in [-0.39, 0.29) is 12.0 Å². The number of aliphatic hydroxyl groups excluding tert-OH is 1. The van der Waals surface area contributed by atoms with Crippen LogP contribution in [0.3, 0.4) is 0 Å². The minimum Gasteiger partial charge on any atom is -0.446 e. The molecular formula is C13H20N2O4. The first-order valence-electron chi connectivity index (χ1n) is 6.42. The first-order chi connectivity index (χ1) is 8.87. The summed E-state index contributed by atoms with van der Waals surface area (Å²) in [7, 11) is 0. The number of aliphatic hydroxyl groups is 1. The van der Waals surface area contributed by atoms with Crippen LogP contribution in [0.15, 0.2) is 16.9 Å². The van der Waals surface area contributed by atoms with E-state index in [1.54, 1.807) is 4.90 Å². The van der Waals surface area contributed by atoms with Gasteiger partial charge in [0.25, 0.3) is 0 Å². The molecule has 19 heavy (non-hydrogen) atoms. The molecule has 1 saturated heterocycles. The van der Waals surface area contributed by atoms with Gasteiger partial charge in [0.05, 0.1) is 6.20 Å². The third-order valence-corrected chi connectivity index (χ3v) is 3.03. The van der Waals surface area contributed by atoms with Gasteiger partial charge in [0.2, 0.25) is 5.89 Å². The number of nitrogens with zero attached hydrogens (tertiary/aromatic N) is 2. The molecule has 1 aliphatic rings. The highest BCUT2D eigenvalue weighted by atomic mass is 16.6. The Morgan fingerprint density at radius 2 is 2.37 bits per heavy atom. The minimum absolute atomic E-state index is 0.0637. The fourth-order valence-electron chi connectivity index (χ4n) is 2.12. The Kier molecular flexibility index (Phi) is 3.80. The van der Waals surface area contributed by atoms with Gasteiger partial charge in [-0.05, 0) is 27.2 Å². The molecule has 0 aromatic carbocycles. The smallest absolute Gasteiger partial charge is 0.410 e. The second-order valence-corrected chi connectivity index (χ2v) is 5.79. The molecule has 106 valence electrons. The Hall–Kier alpha value is -1.56. The van der Waals surface area contributed by atoms with E-state index in [1.165, 1.54) is 12.5 Å². The van der Waals surface area contributed by atoms with Gasteiger partial charge in [-0.3, -0.25) is 0 Å². The lowest BCUT2D eigenvalue weighted by Gasteiger charge is -2.24. The van der Waals surface area contributed by atoms with E-state index >= 15 is 0 Å². The quantitative estimate of drug-likeness (QED) is 0.887. The standard InChI is InChI=1S/C13H20N2O4/c1-13(2,3)19-12(17)15-6-4-9(8-15)10(16)11-14-5-7-18-11/h5,7,9-10,16H,4,6,8H2,1-3H3/t9-,10-/m1/s1. The summed E-state index contributed by atoms with van der Waals surface area (Å²) in [5.41, 5.74) is -0.504. The van der Waals surface area contributed by atoms with Crippen molar-refractivity contribution in [1.29, 1.82) is 0 Å². The zero-order valence-electron chi connectivity index (χ0n) is 11.5. The summed E-state index contributed by atoms with van der Waals surface area (Å²) in [6.45, 7) is 6.54. The van der Waals surface area contributed by atoms with Crippen molar-refractivity contribution in [3.8, 4) is 0 Å². The molecule has 1 N–H and O–H groups in total. The van der Waals surface area contributed by atoms with Gasteiger partial charge in [-0.25, -0.2) is 9.78 Å². The molecule has 2 rings (SSSR count). The van der Waals surface area contributed by atoms with Crippen LogP contribution in [0.4, 0.5) is 4.79 Å². The summed E-state index contributed by atoms with van der Waals surface area (Å²) in [4.78, 5) is 17.5. The number of oxazole rings is 1. The number of hydrogen-bond acceptors (Lipinski definition) is 5. The third kappa shape index (κ3) is 3.47. The molecule has 0 spiro atoms. The van der Waals surface area contributed by atoms with Crippen molar-refractivity contribution in [2.45, 2.75) is 38.9 Å². The summed E-state index contributed by atoms with van der Waals surface area (Å²) in [5.74, 6) is 0.238. The maximum absolute atomic E-state index is 11.9. The van der Waals surface area contributed by atoms with Crippen LogP contribution in [0, 0.1) is 5.92 Å². The van der Waals surface area contributed by atoms with Crippen LogP contribution in [0.1, 0.15) is 39.2 Å². The van der Waals surface area contributed by atoms with Crippen LogP contribution in [0.25, 0.3) is 0 Å². The average Bonchev–Trinajstić information content (AvgIpc) is 2.98. The highest BCUT2D eigenvalue weighted by Gasteiger charge is 2.35. The van der Waals surface area contributed by atoms with Gasteiger partial charge < -0.3 is 19.2 Å². The van der Waals surface area contributed by atoms with Crippen LogP contribution >= 0.6 is 0 Å². The van der Waals surface area contributed by atoms with Crippen LogP contribution < -0.4 is 0 Å². The predicted octanol–water partition coefficient (Wildman–Crippen LogP) is 1.96. The Labute approximate surface area is 112 Å². The lowest BCUT2D eigenvalue weighted by atomic mass is 10.0. The molecule has 6 heteroatoms. The topological polar surface area (TPSA) is 75.8 Å². The minimum atomic E-state index is -0.776. The van der Waals surface area contributed by atoms with E-state index in [9.17, 15) is 9.90 Å². The summed E-state index contributed by atoms with van der Waals surface area (Å²) < 4.78 is 10.4. The highest BCUT2D eigenvalue weighted by Crippen LogP contribution is 2.29. The predicted molar refractivity (Wildman–Crippen MR) is 67.4 cm³/mol. The number of carbonyl (C=O) groups excluding carboxylic acids is 1. The number of amides is 1. The van der Waals surface area contributed by atoms with Crippen molar-refractivity contribution in [3.05, 3.63) is 18.4 Å². The average molecular weight is 268 g/mol. The Bertz CT molecular complexity index is 424. The van der Waals surface area contributed by atoms with E-state index < -0.39 is 11.7 Å². The van der Waals surface area contributed by atoms with Gasteiger partial charge in [-0.2, -0.15) is 0 Å². The van der Waals surface area contributed by atoms with Gasteiger partial charge in [0.15, 0.2) is 0 Å². The van der Waals surface area contributed by atoms with E-state index in [0.717, 1.165) is 0 Å². The van der Waals surface area contributed by atoms with Crippen molar-refractivity contribution in [2.75, 3.05) is 13.1 Å². The number of ether oxygens (including phenoxy) is 1. The fraction of sp³-hybridized carbons (Fsp3) is 0.692. The molecule has 1 aromatic rings. The van der Waals surface area contributed by atoms with E-state index in [4.69, 9.17) is 9.15 Å². The maximum Gasteiger partial charge on any atom is 0.410 e. The van der Waals surface area contributed by atoms with Crippen molar-refractivity contribution in [3.63, 3.8) is 0 Å². The second-order valence-electron chi connectivity index (χ2n) is 5.79. The molecule has 1 amide bonds. The molecule has 2 heterocycles. The van der Waals surface area contributed by atoms with Gasteiger partial charge in [0, 0.05) is 19.0 Å². The van der Waals surface area contributed by atoms with Gasteiger partial charge >= 0.3 is 6.09 Å². The molecule has 0 saturated carbocycles. The first-order valence-corrected chi connectivity index (χ1v) is 6.42. The molecule has 6 nitrogen and oxygen atoms in total. The van der Waals surface area contributed by atoms with Gasteiger partial charge in [0.1, 0.15) is 18.0 Å². The Morgan fingerprint density at radius 3 is 2.95 bits per heavy atom. The Morgan fingerprint density at radius 1 is 1.63 bits per heavy atom. The summed E-state index contributed by atoms with van der Waals surface area (Å²) >= 11 is 0. The van der Waals surface area contributed by atoms with E-state index in [0.29, 0.717) is 25.4 Å². The van der Waals surface area contributed by atoms with Gasteiger partial charge in [-0.15, -0.1) is 0 Å². The number of carbonyl (C=O) groups is 1. The molecule has 2 atom stereocenters. The molecule has 1 aromatic heterocycles. The number of aromatic nitrogens is 1. The van der Waals surface area contributed by atoms with Crippen LogP contribution in [0.2, 0.25) is 0 Å². The van der Waals surface area contributed by atoms with Crippen LogP contribution in [-0.4, -0.2) is 39.8 Å². The molecule has 1 aliphatic heterocycles. The fourth-order valence-corrected chi connectivity index (χ4v) is 2.12. The number of rotatable bonds is 2. The number of likely N-dealkylation sites (tertiary alicyclic amines) is 1. The summed E-state index contributed by atoms with van der Waals surface area (Å²) in [6.07, 6.45) is 2.53. The zero-order valence-corrected chi connectivity index (χ0v) is 11.5. The summed E-state index contributed by atoms with van der Waals surface area (Å²) in [6, 6.07) is 0. The molecular weight excluding hydrogens is 248 g/mol. The first kappa shape index (κ1) is 13.9. The highest BCUT2D eigenvalue weighted by molar-refractivity contribution is 5.68. The van der Waals surface area contributed by atoms with Crippen molar-refractivity contribution >= 4 is 6.09 Å². The Balaban J connectivity index is 1.91. The maximum atomic E-state index is 11.9.